The van der Waals surface area contributed by atoms with Crippen LogP contribution in [-0.2, 0) is 27.5 Å². The van der Waals surface area contributed by atoms with Gasteiger partial charge < -0.3 is 19.0 Å². The van der Waals surface area contributed by atoms with Crippen molar-refractivity contribution >= 4 is 22.1 Å². The molecule has 0 saturated heterocycles. The van der Waals surface area contributed by atoms with Crippen LogP contribution in [0.25, 0.3) is 0 Å². The Morgan fingerprint density at radius 3 is 1.83 bits per heavy atom. The van der Waals surface area contributed by atoms with Gasteiger partial charge >= 0.3 is 17.1 Å². The van der Waals surface area contributed by atoms with Crippen molar-refractivity contribution in [1.29, 1.82) is 0 Å². The molecule has 102 valence electrons. The molecule has 0 unspecified atom stereocenters. The van der Waals surface area contributed by atoms with Crippen molar-refractivity contribution in [2.24, 2.45) is 0 Å². The molecule has 1 rings (SSSR count). The van der Waals surface area contributed by atoms with Crippen LogP contribution in [0.5, 0.6) is 0 Å². The third-order valence-electron chi connectivity index (χ3n) is 1.32. The summed E-state index contributed by atoms with van der Waals surface area (Å²) in [6.45, 7) is 0. The average Bonchev–Trinajstić information content (AvgIpc) is 2.15. The van der Waals surface area contributed by atoms with Crippen molar-refractivity contribution in [2.75, 3.05) is 0 Å². The zero-order valence-electron chi connectivity index (χ0n) is 8.23. The van der Waals surface area contributed by atoms with E-state index in [1.807, 2.05) is 0 Å². The normalized spacial score (nSPS) is 9.44. The number of carboxylic acid groups (broad SMARTS) is 1. The Morgan fingerprint density at radius 1 is 1.17 bits per heavy atom. The minimum absolute atomic E-state index is 0. The minimum Gasteiger partial charge on any atom is -0.759 e. The Kier molecular flexibility index (Phi) is 8.10. The number of hydrogen-bond donors (Lipinski definition) is 0. The van der Waals surface area contributed by atoms with Crippen LogP contribution in [0.15, 0.2) is 24.3 Å². The van der Waals surface area contributed by atoms with Gasteiger partial charge in [-0.05, 0) is 6.07 Å². The fourth-order valence-electron chi connectivity index (χ4n) is 0.805. The summed E-state index contributed by atoms with van der Waals surface area (Å²) in [5, 5.41) is 20.6. The number of hydrogen-bond acceptors (Lipinski definition) is 8. The number of nitrogens with zero attached hydrogens (tertiary/aromatic N) is 1. The molecule has 0 aliphatic heterocycles. The van der Waals surface area contributed by atoms with Crippen LogP contribution in [0.2, 0.25) is 0 Å². The van der Waals surface area contributed by atoms with E-state index in [1.165, 1.54) is 12.1 Å². The summed E-state index contributed by atoms with van der Waals surface area (Å²) in [6.07, 6.45) is 0. The van der Waals surface area contributed by atoms with Crippen LogP contribution >= 0.6 is 0 Å². The van der Waals surface area contributed by atoms with Gasteiger partial charge in [0, 0.05) is 16.5 Å². The van der Waals surface area contributed by atoms with Crippen molar-refractivity contribution in [3.05, 3.63) is 39.9 Å². The van der Waals surface area contributed by atoms with Gasteiger partial charge in [0.05, 0.1) is 16.5 Å². The third-order valence-corrected chi connectivity index (χ3v) is 1.32. The van der Waals surface area contributed by atoms with E-state index in [2.05, 4.69) is 0 Å². The predicted molar refractivity (Wildman–Crippen MR) is 47.9 cm³/mol. The molecule has 0 aliphatic rings. The van der Waals surface area contributed by atoms with Crippen LogP contribution < -0.4 is 5.11 Å². The summed E-state index contributed by atoms with van der Waals surface area (Å²) < 4.78 is 34.1. The number of para-hydroxylation sites is 1. The van der Waals surface area contributed by atoms with E-state index in [9.17, 15) is 20.0 Å². The molecule has 1 aromatic rings. The maximum Gasteiger partial charge on any atom is 3.00 e. The smallest absolute Gasteiger partial charge is 0.759 e. The van der Waals surface area contributed by atoms with Gasteiger partial charge in [0.1, 0.15) is 0 Å². The van der Waals surface area contributed by atoms with Crippen molar-refractivity contribution in [3.63, 3.8) is 0 Å². The van der Waals surface area contributed by atoms with E-state index in [0.29, 0.717) is 0 Å². The standard InChI is InChI=1S/C7H5NO4.Cu.H2O4S/c9-7(10)5-3-1-2-4-6(5)8(11)12;;1-5(2,3)4/h1-4H,(H,9,10);;(H2,1,2,3,4)/q;+3;/p-3. The Balaban J connectivity index is 0. The molecular weight excluding hydrogens is 322 g/mol. The summed E-state index contributed by atoms with van der Waals surface area (Å²) in [7, 11) is -5.17. The Labute approximate surface area is 112 Å². The largest absolute Gasteiger partial charge is 3.00 e. The first-order valence-electron chi connectivity index (χ1n) is 3.74. The molecule has 18 heavy (non-hydrogen) atoms. The Hall–Kier alpha value is -1.52. The number of carbonyl (C=O) groups is 1. The molecule has 0 fully saturated rings. The zero-order valence-corrected chi connectivity index (χ0v) is 9.99. The molecule has 11 heteroatoms. The van der Waals surface area contributed by atoms with Crippen LogP contribution in [0.3, 0.4) is 0 Å². The number of carbonyl (C=O) groups excluding carboxylic acids is 1. The molecule has 0 N–H and O–H groups in total. The molecule has 0 spiro atoms. The van der Waals surface area contributed by atoms with E-state index in [-0.39, 0.29) is 17.1 Å². The number of carboxylic acids is 1. The second kappa shape index (κ2) is 7.74. The molecule has 0 heterocycles. The topological polar surface area (TPSA) is 164 Å². The van der Waals surface area contributed by atoms with Gasteiger partial charge in [-0.25, -0.2) is 0 Å². The van der Waals surface area contributed by atoms with Gasteiger partial charge in [0.15, 0.2) is 0 Å². The maximum atomic E-state index is 10.3. The number of rotatable bonds is 2. The van der Waals surface area contributed by atoms with E-state index >= 15 is 0 Å². The van der Waals surface area contributed by atoms with Crippen LogP contribution in [0.4, 0.5) is 5.69 Å². The molecule has 1 aromatic carbocycles. The summed E-state index contributed by atoms with van der Waals surface area (Å²) in [6, 6.07) is 5.04. The van der Waals surface area contributed by atoms with Crippen LogP contribution in [0.1, 0.15) is 10.4 Å². The van der Waals surface area contributed by atoms with Gasteiger partial charge in [0.2, 0.25) is 0 Å². The van der Waals surface area contributed by atoms with Crippen molar-refractivity contribution < 1.29 is 49.4 Å². The maximum absolute atomic E-state index is 10.3. The van der Waals surface area contributed by atoms with E-state index in [1.54, 1.807) is 0 Å². The number of nitro benzene ring substituents is 1. The molecule has 9 nitrogen and oxygen atoms in total. The number of aromatic carboxylic acids is 1. The molecule has 0 aromatic heterocycles. The van der Waals surface area contributed by atoms with Crippen LogP contribution in [0, 0.1) is 10.1 Å². The van der Waals surface area contributed by atoms with Gasteiger partial charge in [-0.3, -0.25) is 18.5 Å². The van der Waals surface area contributed by atoms with E-state index in [0.717, 1.165) is 12.1 Å². The van der Waals surface area contributed by atoms with E-state index < -0.39 is 32.5 Å². The predicted octanol–water partition coefficient (Wildman–Crippen LogP) is -1.38. The summed E-state index contributed by atoms with van der Waals surface area (Å²) in [5.74, 6) is -1.54. The SMILES string of the molecule is O=C([O-])c1ccccc1[N+](=O)[O-].O=S(=O)([O-])[O-].[Cu+3]. The number of benzene rings is 1. The van der Waals surface area contributed by atoms with Crippen LogP contribution in [-0.4, -0.2) is 28.4 Å². The summed E-state index contributed by atoms with van der Waals surface area (Å²) in [4.78, 5) is 19.8. The molecule has 0 aliphatic carbocycles. The monoisotopic (exact) mass is 325 g/mol. The number of nitro groups is 1. The first kappa shape index (κ1) is 18.8. The molecular formula is C7H4CuNO8S. The molecule has 0 radical (unpaired) electrons. The van der Waals surface area contributed by atoms with Crippen molar-refractivity contribution in [2.45, 2.75) is 0 Å². The second-order valence-corrected chi connectivity index (χ2v) is 3.29. The van der Waals surface area contributed by atoms with Gasteiger partial charge in [-0.2, -0.15) is 0 Å². The second-order valence-electron chi connectivity index (χ2n) is 2.47. The molecule has 0 amide bonds. The van der Waals surface area contributed by atoms with Gasteiger partial charge in [-0.15, -0.1) is 0 Å². The average molecular weight is 326 g/mol. The molecule has 0 saturated carbocycles. The van der Waals surface area contributed by atoms with Gasteiger partial charge in [0.25, 0.3) is 5.69 Å². The zero-order chi connectivity index (χ0) is 13.6. The first-order valence-corrected chi connectivity index (χ1v) is 5.07. The third kappa shape index (κ3) is 8.61. The van der Waals surface area contributed by atoms with Gasteiger partial charge in [-0.1, -0.05) is 12.1 Å². The first-order chi connectivity index (χ1) is 7.63. The molecule has 0 bridgehead atoms. The summed E-state index contributed by atoms with van der Waals surface area (Å²) in [5.41, 5.74) is -0.847. The fraction of sp³-hybridized carbons (Fsp3) is 0. The fourth-order valence-corrected chi connectivity index (χ4v) is 0.805. The summed E-state index contributed by atoms with van der Waals surface area (Å²) >= 11 is 0. The Morgan fingerprint density at radius 2 is 1.56 bits per heavy atom. The van der Waals surface area contributed by atoms with Crippen molar-refractivity contribution in [1.82, 2.24) is 0 Å². The van der Waals surface area contributed by atoms with E-state index in [4.69, 9.17) is 17.5 Å². The minimum atomic E-state index is -5.17. The Bertz CT molecular complexity index is 487. The molecule has 0 atom stereocenters. The quantitative estimate of drug-likeness (QED) is 0.211. The van der Waals surface area contributed by atoms with Crippen molar-refractivity contribution in [3.8, 4) is 0 Å².